The Labute approximate surface area is 261 Å². The summed E-state index contributed by atoms with van der Waals surface area (Å²) >= 11 is 0. The Morgan fingerprint density at radius 1 is 0.676 bits per heavy atom. The van der Waals surface area contributed by atoms with Crippen molar-refractivity contribution >= 4 is 58.2 Å². The Morgan fingerprint density at radius 3 is 1.76 bits per heavy atom. The van der Waals surface area contributed by atoms with Gasteiger partial charge >= 0.3 is 88.7 Å². The van der Waals surface area contributed by atoms with Gasteiger partial charge in [-0.3, -0.25) is 0 Å². The van der Waals surface area contributed by atoms with E-state index >= 15 is 0 Å². The first-order valence-electron chi connectivity index (χ1n) is 7.94. The van der Waals surface area contributed by atoms with E-state index < -0.39 is 56.1 Å². The molecule has 34 heavy (non-hydrogen) atoms. The number of anilines is 1. The second-order valence-corrected chi connectivity index (χ2v) is 10.1. The number of azo groups is 1. The third-order valence-electron chi connectivity index (χ3n) is 4.01. The van der Waals surface area contributed by atoms with E-state index in [9.17, 15) is 38.9 Å². The van der Waals surface area contributed by atoms with Gasteiger partial charge in [0.15, 0.2) is 0 Å². The molecule has 164 valence electrons. The van der Waals surface area contributed by atoms with Gasteiger partial charge in [0.05, 0.1) is 20.4 Å². The van der Waals surface area contributed by atoms with Crippen molar-refractivity contribution < 1.29 is 128 Å². The maximum atomic E-state index is 11.8. The predicted molar refractivity (Wildman–Crippen MR) is 103 cm³/mol. The Kier molecular flexibility index (Phi) is 12.5. The molecule has 0 aromatic heterocycles. The van der Waals surface area contributed by atoms with Crippen LogP contribution in [0.5, 0.6) is 0 Å². The Balaban J connectivity index is 0.00000363. The zero-order valence-corrected chi connectivity index (χ0v) is 26.4. The number of nitrogen functional groups attached to an aromatic ring is 1. The molecule has 0 aliphatic rings. The van der Waals surface area contributed by atoms with Gasteiger partial charge in [0.1, 0.15) is 41.7 Å². The molecule has 3 aromatic rings. The van der Waals surface area contributed by atoms with Crippen LogP contribution in [-0.2, 0) is 30.4 Å². The van der Waals surface area contributed by atoms with Crippen LogP contribution in [0.2, 0.25) is 0 Å². The van der Waals surface area contributed by atoms with Gasteiger partial charge in [-0.05, 0) is 35.7 Å². The largest absolute Gasteiger partial charge is 1.00 e. The Morgan fingerprint density at radius 2 is 1.24 bits per heavy atom. The molecular formula is C16H10N3Na3O9S3. The molecule has 0 atom stereocenters. The van der Waals surface area contributed by atoms with Crippen LogP contribution in [0.4, 0.5) is 17.1 Å². The van der Waals surface area contributed by atoms with Crippen LogP contribution < -0.4 is 94.4 Å². The molecule has 0 aliphatic heterocycles. The molecule has 2 N–H and O–H groups in total. The minimum Gasteiger partial charge on any atom is -0.744 e. The smallest absolute Gasteiger partial charge is 0.744 e. The molecule has 0 saturated heterocycles. The van der Waals surface area contributed by atoms with E-state index in [1.807, 2.05) is 0 Å². The first-order valence-corrected chi connectivity index (χ1v) is 12.2. The summed E-state index contributed by atoms with van der Waals surface area (Å²) in [6.07, 6.45) is 0. The summed E-state index contributed by atoms with van der Waals surface area (Å²) < 4.78 is 103. The second-order valence-electron chi connectivity index (χ2n) is 6.05. The number of fused-ring (bicyclic) bond motifs is 1. The summed E-state index contributed by atoms with van der Waals surface area (Å²) in [7, 11) is -15.4. The zero-order valence-electron chi connectivity index (χ0n) is 18.0. The van der Waals surface area contributed by atoms with Crippen molar-refractivity contribution in [3.8, 4) is 0 Å². The number of benzene rings is 3. The van der Waals surface area contributed by atoms with E-state index in [1.54, 1.807) is 0 Å². The van der Waals surface area contributed by atoms with E-state index in [4.69, 9.17) is 5.73 Å². The van der Waals surface area contributed by atoms with E-state index in [2.05, 4.69) is 10.2 Å². The number of nitrogens with zero attached hydrogens (tertiary/aromatic N) is 2. The summed E-state index contributed by atoms with van der Waals surface area (Å²) in [4.78, 5) is -2.77. The van der Waals surface area contributed by atoms with Gasteiger partial charge < -0.3 is 19.4 Å². The van der Waals surface area contributed by atoms with E-state index in [0.717, 1.165) is 24.3 Å². The van der Waals surface area contributed by atoms with Crippen LogP contribution in [-0.4, -0.2) is 38.9 Å². The van der Waals surface area contributed by atoms with Crippen LogP contribution >= 0.6 is 0 Å². The van der Waals surface area contributed by atoms with Crippen LogP contribution in [0, 0.1) is 0 Å². The summed E-state index contributed by atoms with van der Waals surface area (Å²) in [5.41, 5.74) is 4.79. The molecule has 0 saturated carbocycles. The third-order valence-corrected chi connectivity index (χ3v) is 6.57. The second kappa shape index (κ2) is 12.5. The molecule has 0 radical (unpaired) electrons. The van der Waals surface area contributed by atoms with E-state index in [1.165, 1.54) is 18.2 Å². The fraction of sp³-hybridized carbons (Fsp3) is 0. The SMILES string of the molecule is Nc1ccc2cc(S(=O)(=O)[O-])cc(S(=O)(=O)[O-])c2c1N=Nc1ccccc1S(=O)(=O)[O-].[Na+].[Na+].[Na+]. The maximum Gasteiger partial charge on any atom is 1.00 e. The van der Waals surface area contributed by atoms with Crippen LogP contribution in [0.25, 0.3) is 10.8 Å². The number of hydrogen-bond donors (Lipinski definition) is 1. The molecule has 3 aromatic carbocycles. The van der Waals surface area contributed by atoms with Crippen molar-refractivity contribution in [3.05, 3.63) is 48.5 Å². The van der Waals surface area contributed by atoms with Crippen LogP contribution in [0.15, 0.2) is 73.4 Å². The number of nitrogens with two attached hydrogens (primary N) is 1. The summed E-state index contributed by atoms with van der Waals surface area (Å²) in [6.45, 7) is 0. The third kappa shape index (κ3) is 7.77. The standard InChI is InChI=1S/C16H13N3O9S3.3Na/c17-11-6-5-9-7-10(29(20,21)22)8-14(31(26,27)28)15(9)16(11)19-18-12-3-1-2-4-13(12)30(23,24)25;;;/h1-8H,17H2,(H,20,21,22)(H,23,24,25)(H,26,27,28);;;/q;3*+1/p-3. The molecule has 0 spiro atoms. The van der Waals surface area contributed by atoms with E-state index in [0.29, 0.717) is 6.07 Å². The predicted octanol–water partition coefficient (Wildman–Crippen LogP) is -7.44. The van der Waals surface area contributed by atoms with Gasteiger partial charge in [0, 0.05) is 5.39 Å². The van der Waals surface area contributed by atoms with Gasteiger partial charge in [-0.1, -0.05) is 18.2 Å². The van der Waals surface area contributed by atoms with Gasteiger partial charge in [0.25, 0.3) is 0 Å². The van der Waals surface area contributed by atoms with Crippen LogP contribution in [0.1, 0.15) is 0 Å². The fourth-order valence-corrected chi connectivity index (χ4v) is 4.66. The van der Waals surface area contributed by atoms with Crippen LogP contribution in [0.3, 0.4) is 0 Å². The van der Waals surface area contributed by atoms with Crippen molar-refractivity contribution in [1.29, 1.82) is 0 Å². The molecule has 0 amide bonds. The molecule has 0 bridgehead atoms. The van der Waals surface area contributed by atoms with E-state index in [-0.39, 0.29) is 105 Å². The molecule has 18 heteroatoms. The van der Waals surface area contributed by atoms with Crippen molar-refractivity contribution in [3.63, 3.8) is 0 Å². The van der Waals surface area contributed by atoms with Crippen molar-refractivity contribution in [2.45, 2.75) is 14.7 Å². The normalized spacial score (nSPS) is 12.0. The Hall–Kier alpha value is 0.0500. The molecular weight excluding hydrogens is 543 g/mol. The van der Waals surface area contributed by atoms with Crippen molar-refractivity contribution in [1.82, 2.24) is 0 Å². The maximum absolute atomic E-state index is 11.8. The summed E-state index contributed by atoms with van der Waals surface area (Å²) in [5.74, 6) is 0. The van der Waals surface area contributed by atoms with Crippen molar-refractivity contribution in [2.24, 2.45) is 10.2 Å². The van der Waals surface area contributed by atoms with Gasteiger partial charge in [0.2, 0.25) is 0 Å². The minimum atomic E-state index is -5.32. The molecule has 3 rings (SSSR count). The molecule has 0 heterocycles. The Bertz CT molecular complexity index is 1580. The molecule has 0 aliphatic carbocycles. The molecule has 0 fully saturated rings. The van der Waals surface area contributed by atoms with Gasteiger partial charge in [-0.2, -0.15) is 0 Å². The average molecular weight is 553 g/mol. The van der Waals surface area contributed by atoms with Gasteiger partial charge in [-0.25, -0.2) is 25.3 Å². The first kappa shape index (κ1) is 34.0. The summed E-state index contributed by atoms with van der Waals surface area (Å²) in [6, 6.07) is 8.27. The summed E-state index contributed by atoms with van der Waals surface area (Å²) in [5, 5.41) is 6.73. The van der Waals surface area contributed by atoms with Gasteiger partial charge in [-0.15, -0.1) is 10.2 Å². The van der Waals surface area contributed by atoms with Crippen molar-refractivity contribution in [2.75, 3.05) is 5.73 Å². The number of hydrogen-bond acceptors (Lipinski definition) is 12. The first-order chi connectivity index (χ1) is 14.2. The topological polar surface area (TPSA) is 222 Å². The fourth-order valence-electron chi connectivity index (χ4n) is 2.70. The molecule has 12 nitrogen and oxygen atoms in total. The number of rotatable bonds is 5. The average Bonchev–Trinajstić information content (AvgIpc) is 2.64. The quantitative estimate of drug-likeness (QED) is 0.136. The zero-order chi connectivity index (χ0) is 23.2. The minimum absolute atomic E-state index is 0. The molecule has 0 unspecified atom stereocenters. The monoisotopic (exact) mass is 553 g/mol.